The fourth-order valence-electron chi connectivity index (χ4n) is 3.21. The zero-order valence-electron chi connectivity index (χ0n) is 14.7. The number of ether oxygens (including phenoxy) is 1. The van der Waals surface area contributed by atoms with Gasteiger partial charge in [-0.1, -0.05) is 31.0 Å². The van der Waals surface area contributed by atoms with E-state index in [1.165, 1.54) is 32.1 Å². The van der Waals surface area contributed by atoms with E-state index in [1.54, 1.807) is 30.2 Å². The van der Waals surface area contributed by atoms with E-state index in [9.17, 15) is 0 Å². The maximum absolute atomic E-state index is 5.21. The molecule has 0 atom stereocenters. The summed E-state index contributed by atoms with van der Waals surface area (Å²) >= 11 is 3.33. The highest BCUT2D eigenvalue weighted by molar-refractivity contribution is 7.98. The van der Waals surface area contributed by atoms with Crippen LogP contribution in [0.5, 0.6) is 5.75 Å². The van der Waals surface area contributed by atoms with Crippen LogP contribution in [0.4, 0.5) is 0 Å². The van der Waals surface area contributed by atoms with E-state index >= 15 is 0 Å². The van der Waals surface area contributed by atoms with Gasteiger partial charge < -0.3 is 4.74 Å². The number of aromatic nitrogens is 5. The predicted octanol–water partition coefficient (Wildman–Crippen LogP) is 4.60. The highest BCUT2D eigenvalue weighted by atomic mass is 32.2. The first-order valence-corrected chi connectivity index (χ1v) is 10.7. The van der Waals surface area contributed by atoms with E-state index in [-0.39, 0.29) is 0 Å². The molecule has 1 aliphatic rings. The Bertz CT molecular complexity index is 839. The minimum atomic E-state index is 0.451. The van der Waals surface area contributed by atoms with Crippen LogP contribution in [0.25, 0.3) is 10.6 Å². The lowest BCUT2D eigenvalue weighted by Gasteiger charge is -2.21. The van der Waals surface area contributed by atoms with Crippen molar-refractivity contribution in [2.45, 2.75) is 49.1 Å². The van der Waals surface area contributed by atoms with Gasteiger partial charge >= 0.3 is 0 Å². The molecule has 1 fully saturated rings. The average molecular weight is 388 g/mol. The molecule has 0 unspecified atom stereocenters. The molecule has 0 N–H and O–H groups in total. The number of nitrogens with zero attached hydrogens (tertiary/aromatic N) is 5. The number of methoxy groups -OCH3 is 1. The molecule has 0 saturated heterocycles. The third-order valence-corrected chi connectivity index (χ3v) is 6.53. The lowest BCUT2D eigenvalue weighted by molar-refractivity contribution is 0.307. The van der Waals surface area contributed by atoms with Gasteiger partial charge in [0.25, 0.3) is 0 Å². The van der Waals surface area contributed by atoms with Gasteiger partial charge in [-0.2, -0.15) is 0 Å². The number of hydrogen-bond acceptors (Lipinski definition) is 7. The van der Waals surface area contributed by atoms with Crippen LogP contribution in [0.1, 0.15) is 43.8 Å². The van der Waals surface area contributed by atoms with Crippen molar-refractivity contribution < 1.29 is 4.74 Å². The van der Waals surface area contributed by atoms with Crippen LogP contribution in [0.3, 0.4) is 0 Å². The zero-order chi connectivity index (χ0) is 17.8. The van der Waals surface area contributed by atoms with Gasteiger partial charge in [-0.15, -0.1) is 16.4 Å². The van der Waals surface area contributed by atoms with Crippen LogP contribution in [0, 0.1) is 0 Å². The van der Waals surface area contributed by atoms with Crippen LogP contribution in [0.2, 0.25) is 0 Å². The summed E-state index contributed by atoms with van der Waals surface area (Å²) in [6.07, 6.45) is 6.22. The molecule has 0 bridgehead atoms. The molecule has 6 nitrogen and oxygen atoms in total. The Morgan fingerprint density at radius 3 is 2.77 bits per heavy atom. The Labute approximate surface area is 161 Å². The molecule has 0 amide bonds. The molecular weight excluding hydrogens is 366 g/mol. The van der Waals surface area contributed by atoms with Crippen molar-refractivity contribution in [2.75, 3.05) is 7.11 Å². The fraction of sp³-hybridized carbons (Fsp3) is 0.444. The molecule has 0 radical (unpaired) electrons. The van der Waals surface area contributed by atoms with Gasteiger partial charge in [-0.3, -0.25) is 0 Å². The van der Waals surface area contributed by atoms with Crippen molar-refractivity contribution in [2.24, 2.45) is 0 Å². The molecule has 4 rings (SSSR count). The molecule has 1 saturated carbocycles. The van der Waals surface area contributed by atoms with Crippen LogP contribution in [-0.4, -0.2) is 32.3 Å². The molecule has 26 heavy (non-hydrogen) atoms. The first kappa shape index (κ1) is 17.5. The van der Waals surface area contributed by atoms with Gasteiger partial charge in [0.2, 0.25) is 5.16 Å². The Balaban J connectivity index is 1.41. The molecule has 8 heteroatoms. The number of rotatable bonds is 6. The molecule has 2 aromatic heterocycles. The summed E-state index contributed by atoms with van der Waals surface area (Å²) in [6, 6.07) is 8.45. The van der Waals surface area contributed by atoms with Crippen molar-refractivity contribution >= 4 is 23.1 Å². The smallest absolute Gasteiger partial charge is 0.209 e. The molecule has 3 aromatic rings. The lowest BCUT2D eigenvalue weighted by atomic mass is 9.96. The third-order valence-electron chi connectivity index (χ3n) is 4.62. The van der Waals surface area contributed by atoms with E-state index in [4.69, 9.17) is 9.72 Å². The van der Waals surface area contributed by atoms with Crippen LogP contribution < -0.4 is 4.74 Å². The molecular formula is C18H21N5OS2. The summed E-state index contributed by atoms with van der Waals surface area (Å²) in [6.45, 7) is 0. The molecule has 1 aromatic carbocycles. The van der Waals surface area contributed by atoms with Gasteiger partial charge in [-0.05, 0) is 47.5 Å². The van der Waals surface area contributed by atoms with E-state index in [0.29, 0.717) is 6.04 Å². The van der Waals surface area contributed by atoms with E-state index in [0.717, 1.165) is 32.9 Å². The van der Waals surface area contributed by atoms with E-state index < -0.39 is 0 Å². The van der Waals surface area contributed by atoms with Crippen molar-refractivity contribution in [1.29, 1.82) is 0 Å². The first-order valence-electron chi connectivity index (χ1n) is 8.83. The molecule has 136 valence electrons. The van der Waals surface area contributed by atoms with Gasteiger partial charge in [0.05, 0.1) is 18.8 Å². The Morgan fingerprint density at radius 1 is 1.19 bits per heavy atom. The maximum atomic E-state index is 5.21. The van der Waals surface area contributed by atoms with E-state index in [1.807, 2.05) is 28.9 Å². The largest absolute Gasteiger partial charge is 0.497 e. The summed E-state index contributed by atoms with van der Waals surface area (Å²) in [5.74, 6) is 1.63. The number of benzene rings is 1. The van der Waals surface area contributed by atoms with Gasteiger partial charge in [0.1, 0.15) is 10.8 Å². The fourth-order valence-corrected chi connectivity index (χ4v) is 4.98. The number of thiazole rings is 1. The quantitative estimate of drug-likeness (QED) is 0.576. The van der Waals surface area contributed by atoms with E-state index in [2.05, 4.69) is 20.9 Å². The zero-order valence-corrected chi connectivity index (χ0v) is 16.3. The SMILES string of the molecule is COc1ccc(-c2nc(CSc3nnnn3C3CCCCC3)cs2)cc1. The standard InChI is InChI=1S/C18H21N5OS2/c1-24-16-9-7-13(8-10-16)17-19-14(11-25-17)12-26-18-20-21-22-23(18)15-5-3-2-4-6-15/h7-11,15H,2-6,12H2,1H3. The summed E-state index contributed by atoms with van der Waals surface area (Å²) in [5.41, 5.74) is 2.17. The lowest BCUT2D eigenvalue weighted by Crippen LogP contribution is -2.15. The number of hydrogen-bond donors (Lipinski definition) is 0. The normalized spacial score (nSPS) is 15.3. The summed E-state index contributed by atoms with van der Waals surface area (Å²) < 4.78 is 7.22. The second-order valence-electron chi connectivity index (χ2n) is 6.36. The summed E-state index contributed by atoms with van der Waals surface area (Å²) in [5, 5.41) is 16.4. The van der Waals surface area contributed by atoms with Crippen LogP contribution in [0.15, 0.2) is 34.8 Å². The predicted molar refractivity (Wildman–Crippen MR) is 104 cm³/mol. The van der Waals surface area contributed by atoms with Crippen LogP contribution >= 0.6 is 23.1 Å². The monoisotopic (exact) mass is 387 g/mol. The van der Waals surface area contributed by atoms with Gasteiger partial charge in [0.15, 0.2) is 0 Å². The maximum Gasteiger partial charge on any atom is 0.209 e. The Kier molecular flexibility index (Phi) is 5.50. The molecule has 1 aliphatic carbocycles. The topological polar surface area (TPSA) is 65.7 Å². The second kappa shape index (κ2) is 8.18. The third kappa shape index (κ3) is 3.91. The Morgan fingerprint density at radius 2 is 2.00 bits per heavy atom. The number of thioether (sulfide) groups is 1. The van der Waals surface area contributed by atoms with Crippen molar-refractivity contribution in [3.8, 4) is 16.3 Å². The minimum absolute atomic E-state index is 0.451. The van der Waals surface area contributed by atoms with Crippen LogP contribution in [-0.2, 0) is 5.75 Å². The van der Waals surface area contributed by atoms with Crippen molar-refractivity contribution in [3.63, 3.8) is 0 Å². The first-order chi connectivity index (χ1) is 12.8. The molecule has 0 spiro atoms. The van der Waals surface area contributed by atoms with Gasteiger partial charge in [0, 0.05) is 16.7 Å². The minimum Gasteiger partial charge on any atom is -0.497 e. The summed E-state index contributed by atoms with van der Waals surface area (Å²) in [7, 11) is 1.68. The highest BCUT2D eigenvalue weighted by Crippen LogP contribution is 2.32. The molecule has 2 heterocycles. The van der Waals surface area contributed by atoms with Crippen molar-refractivity contribution in [3.05, 3.63) is 35.3 Å². The van der Waals surface area contributed by atoms with Gasteiger partial charge in [-0.25, -0.2) is 9.67 Å². The average Bonchev–Trinajstić information content (AvgIpc) is 3.36. The number of tetrazole rings is 1. The summed E-state index contributed by atoms with van der Waals surface area (Å²) in [4.78, 5) is 4.76. The Hall–Kier alpha value is -1.93. The van der Waals surface area contributed by atoms with Crippen molar-refractivity contribution in [1.82, 2.24) is 25.2 Å². The highest BCUT2D eigenvalue weighted by Gasteiger charge is 2.20. The molecule has 0 aliphatic heterocycles. The second-order valence-corrected chi connectivity index (χ2v) is 8.16.